The van der Waals surface area contributed by atoms with Crippen molar-refractivity contribution in [2.24, 2.45) is 0 Å². The number of hydrogen-bond donors (Lipinski definition) is 1. The van der Waals surface area contributed by atoms with Crippen LogP contribution < -0.4 is 5.32 Å². The first kappa shape index (κ1) is 21.4. The normalized spacial score (nSPS) is 23.3. The van der Waals surface area contributed by atoms with Gasteiger partial charge in [0.2, 0.25) is 0 Å². The number of rotatable bonds is 4. The molecule has 5 nitrogen and oxygen atoms in total. The van der Waals surface area contributed by atoms with Gasteiger partial charge in [-0.05, 0) is 58.8 Å². The summed E-state index contributed by atoms with van der Waals surface area (Å²) < 4.78 is 12.0. The molecule has 24 heavy (non-hydrogen) atoms. The zero-order valence-corrected chi connectivity index (χ0v) is 18.2. The topological polar surface area (TPSA) is 50.8 Å². The highest BCUT2D eigenvalue weighted by Gasteiger charge is 2.40. The van der Waals surface area contributed by atoms with Crippen molar-refractivity contribution in [1.29, 1.82) is 0 Å². The number of ether oxygens (including phenoxy) is 1. The summed E-state index contributed by atoms with van der Waals surface area (Å²) in [7, 11) is 0.154. The Morgan fingerprint density at radius 2 is 1.79 bits per heavy atom. The molecule has 1 fully saturated rings. The van der Waals surface area contributed by atoms with Crippen molar-refractivity contribution in [2.45, 2.75) is 90.2 Å². The van der Waals surface area contributed by atoms with Gasteiger partial charge in [0.05, 0.1) is 12.6 Å². The lowest BCUT2D eigenvalue weighted by Crippen LogP contribution is -2.55. The Morgan fingerprint density at radius 3 is 2.25 bits per heavy atom. The molecule has 0 aromatic heterocycles. The largest absolute Gasteiger partial charge is 0.444 e. The van der Waals surface area contributed by atoms with Crippen molar-refractivity contribution in [3.05, 3.63) is 0 Å². The molecular weight excluding hydrogens is 320 g/mol. The number of likely N-dealkylation sites (tertiary alicyclic amines) is 1. The first-order chi connectivity index (χ1) is 10.8. The minimum absolute atomic E-state index is 0.0696. The molecule has 1 aliphatic heterocycles. The van der Waals surface area contributed by atoms with Gasteiger partial charge in [-0.25, -0.2) is 4.79 Å². The fourth-order valence-corrected chi connectivity index (χ4v) is 3.60. The molecule has 2 unspecified atom stereocenters. The van der Waals surface area contributed by atoms with Crippen LogP contribution in [0.15, 0.2) is 0 Å². The first-order valence-corrected chi connectivity index (χ1v) is 12.0. The Morgan fingerprint density at radius 1 is 1.21 bits per heavy atom. The van der Waals surface area contributed by atoms with Gasteiger partial charge in [0.1, 0.15) is 5.60 Å². The summed E-state index contributed by atoms with van der Waals surface area (Å²) in [4.78, 5) is 14.4. The number of carbonyl (C=O) groups excluding carboxylic acids is 1. The zero-order valence-electron chi connectivity index (χ0n) is 17.2. The van der Waals surface area contributed by atoms with E-state index in [1.807, 2.05) is 32.7 Å². The molecule has 1 rings (SSSR count). The van der Waals surface area contributed by atoms with Crippen LogP contribution in [0.5, 0.6) is 0 Å². The predicted octanol–water partition coefficient (Wildman–Crippen LogP) is 4.00. The van der Waals surface area contributed by atoms with E-state index in [0.717, 1.165) is 12.8 Å². The molecule has 2 atom stereocenters. The van der Waals surface area contributed by atoms with E-state index in [1.54, 1.807) is 0 Å². The molecule has 0 aliphatic carbocycles. The van der Waals surface area contributed by atoms with Gasteiger partial charge >= 0.3 is 6.09 Å². The maximum atomic E-state index is 12.6. The van der Waals surface area contributed by atoms with Crippen LogP contribution in [-0.4, -0.2) is 57.2 Å². The molecule has 0 saturated carbocycles. The van der Waals surface area contributed by atoms with Crippen LogP contribution in [0.4, 0.5) is 4.79 Å². The zero-order chi connectivity index (χ0) is 18.8. The highest BCUT2D eigenvalue weighted by Crippen LogP contribution is 2.37. The number of hydrogen-bond acceptors (Lipinski definition) is 4. The quantitative estimate of drug-likeness (QED) is 0.772. The monoisotopic (exact) mass is 358 g/mol. The van der Waals surface area contributed by atoms with E-state index in [9.17, 15) is 4.79 Å². The van der Waals surface area contributed by atoms with E-state index in [0.29, 0.717) is 19.2 Å². The summed E-state index contributed by atoms with van der Waals surface area (Å²) in [6.07, 6.45) is 1.64. The van der Waals surface area contributed by atoms with Crippen molar-refractivity contribution >= 4 is 14.4 Å². The van der Waals surface area contributed by atoms with Gasteiger partial charge in [-0.3, -0.25) is 0 Å². The molecule has 0 bridgehead atoms. The number of nitrogens with one attached hydrogen (secondary N) is 1. The molecule has 1 saturated heterocycles. The molecule has 1 amide bonds. The van der Waals surface area contributed by atoms with E-state index in [4.69, 9.17) is 9.16 Å². The molecule has 1 heterocycles. The van der Waals surface area contributed by atoms with Crippen LogP contribution in [0.1, 0.15) is 54.4 Å². The van der Waals surface area contributed by atoms with E-state index in [2.05, 4.69) is 39.2 Å². The summed E-state index contributed by atoms with van der Waals surface area (Å²) in [5.74, 6) is 0. The van der Waals surface area contributed by atoms with Crippen molar-refractivity contribution in [1.82, 2.24) is 10.2 Å². The second kappa shape index (κ2) is 7.75. The molecular formula is C18H38N2O3Si. The van der Waals surface area contributed by atoms with Crippen LogP contribution in [0.2, 0.25) is 18.1 Å². The van der Waals surface area contributed by atoms with Crippen molar-refractivity contribution in [2.75, 3.05) is 20.2 Å². The second-order valence-electron chi connectivity index (χ2n) is 9.41. The Hall–Kier alpha value is -0.593. The van der Waals surface area contributed by atoms with Gasteiger partial charge in [0.25, 0.3) is 0 Å². The molecule has 0 aromatic rings. The summed E-state index contributed by atoms with van der Waals surface area (Å²) >= 11 is 0. The minimum atomic E-state index is -1.83. The van der Waals surface area contributed by atoms with Crippen LogP contribution in [0.25, 0.3) is 0 Å². The van der Waals surface area contributed by atoms with Crippen LogP contribution in [0, 0.1) is 0 Å². The van der Waals surface area contributed by atoms with Gasteiger partial charge in [0, 0.05) is 12.6 Å². The van der Waals surface area contributed by atoms with Gasteiger partial charge < -0.3 is 19.4 Å². The Labute approximate surface area is 149 Å². The van der Waals surface area contributed by atoms with E-state index in [1.165, 1.54) is 0 Å². The molecule has 0 spiro atoms. The molecule has 0 aromatic carbocycles. The summed E-state index contributed by atoms with van der Waals surface area (Å²) in [5.41, 5.74) is -0.470. The van der Waals surface area contributed by atoms with Gasteiger partial charge in [-0.15, -0.1) is 0 Å². The Kier molecular flexibility index (Phi) is 6.92. The van der Waals surface area contributed by atoms with Crippen LogP contribution in [-0.2, 0) is 9.16 Å². The summed E-state index contributed by atoms with van der Waals surface area (Å²) in [6, 6.07) is 0.497. The van der Waals surface area contributed by atoms with Gasteiger partial charge in [0.15, 0.2) is 8.32 Å². The third-order valence-electron chi connectivity index (χ3n) is 5.19. The lowest BCUT2D eigenvalue weighted by atomic mass is 9.98. The lowest BCUT2D eigenvalue weighted by molar-refractivity contribution is -0.000386. The Bertz CT molecular complexity index is 427. The number of nitrogens with zero attached hydrogens (tertiary/aromatic N) is 1. The Balaban J connectivity index is 2.81. The molecule has 0 radical (unpaired) electrons. The average molecular weight is 359 g/mol. The maximum Gasteiger partial charge on any atom is 0.410 e. The highest BCUT2D eigenvalue weighted by atomic mass is 28.4. The maximum absolute atomic E-state index is 12.6. The van der Waals surface area contributed by atoms with E-state index in [-0.39, 0.29) is 17.2 Å². The van der Waals surface area contributed by atoms with Crippen LogP contribution >= 0.6 is 0 Å². The van der Waals surface area contributed by atoms with E-state index >= 15 is 0 Å². The molecule has 1 N–H and O–H groups in total. The number of amides is 1. The van der Waals surface area contributed by atoms with Crippen molar-refractivity contribution in [3.63, 3.8) is 0 Å². The van der Waals surface area contributed by atoms with Crippen LogP contribution in [0.3, 0.4) is 0 Å². The highest BCUT2D eigenvalue weighted by molar-refractivity contribution is 6.74. The average Bonchev–Trinajstić information content (AvgIpc) is 2.41. The number of carbonyl (C=O) groups is 1. The fourth-order valence-electron chi connectivity index (χ4n) is 2.55. The summed E-state index contributed by atoms with van der Waals surface area (Å²) in [6.45, 7) is 18.3. The van der Waals surface area contributed by atoms with Gasteiger partial charge in [-0.1, -0.05) is 20.8 Å². The third kappa shape index (κ3) is 6.04. The standard InChI is InChI=1S/C18H38N2O3Si/c1-17(2,3)23-16(21)20-11-10-14(19-7)12-15(20)13-22-24(8,9)18(4,5)6/h14-15,19H,10-13H2,1-9H3. The van der Waals surface area contributed by atoms with E-state index < -0.39 is 13.9 Å². The molecule has 1 aliphatic rings. The first-order valence-electron chi connectivity index (χ1n) is 9.07. The van der Waals surface area contributed by atoms with Crippen molar-refractivity contribution < 1.29 is 14.0 Å². The molecule has 142 valence electrons. The smallest absolute Gasteiger partial charge is 0.410 e. The molecule has 6 heteroatoms. The second-order valence-corrected chi connectivity index (χ2v) is 14.2. The van der Waals surface area contributed by atoms with Crippen molar-refractivity contribution in [3.8, 4) is 0 Å². The number of piperidine rings is 1. The minimum Gasteiger partial charge on any atom is -0.444 e. The summed E-state index contributed by atoms with van der Waals surface area (Å²) in [5, 5.41) is 3.51. The predicted molar refractivity (Wildman–Crippen MR) is 102 cm³/mol. The lowest BCUT2D eigenvalue weighted by Gasteiger charge is -2.43. The SMILES string of the molecule is CNC1CCN(C(=O)OC(C)(C)C)C(CO[Si](C)(C)C(C)(C)C)C1. The third-order valence-corrected chi connectivity index (χ3v) is 9.70. The fraction of sp³-hybridized carbons (Fsp3) is 0.944. The van der Waals surface area contributed by atoms with Gasteiger partial charge in [-0.2, -0.15) is 0 Å².